The van der Waals surface area contributed by atoms with Crippen LogP contribution in [0.4, 0.5) is 0 Å². The van der Waals surface area contributed by atoms with Gasteiger partial charge in [-0.05, 0) is 43.7 Å². The highest BCUT2D eigenvalue weighted by atomic mass is 32.2. The molecule has 1 aliphatic heterocycles. The van der Waals surface area contributed by atoms with Crippen LogP contribution in [0.1, 0.15) is 17.9 Å². The first kappa shape index (κ1) is 21.3. The molecule has 0 saturated carbocycles. The minimum Gasteiger partial charge on any atom is -0.457 e. The van der Waals surface area contributed by atoms with Crippen LogP contribution in [0.3, 0.4) is 0 Å². The molecule has 162 valence electrons. The minimum atomic E-state index is -2.96. The highest BCUT2D eigenvalue weighted by molar-refractivity contribution is 7.91. The summed E-state index contributed by atoms with van der Waals surface area (Å²) in [6.07, 6.45) is 2.43. The van der Waals surface area contributed by atoms with E-state index in [4.69, 9.17) is 14.1 Å². The third-order valence-corrected chi connectivity index (χ3v) is 7.14. The van der Waals surface area contributed by atoms with Gasteiger partial charge in [-0.3, -0.25) is 4.90 Å². The predicted molar refractivity (Wildman–Crippen MR) is 121 cm³/mol. The monoisotopic (exact) mass is 438 g/mol. The Morgan fingerprint density at radius 2 is 1.97 bits per heavy atom. The molecule has 0 bridgehead atoms. The SMILES string of the molecule is C=CCN(Cc1nc(-c2cccc(Oc3ccccc3)c2)oc1C)C1CCS(=O)(=O)C1. The van der Waals surface area contributed by atoms with E-state index >= 15 is 0 Å². The average Bonchev–Trinajstić information content (AvgIpc) is 3.30. The molecule has 7 heteroatoms. The fraction of sp³-hybridized carbons (Fsp3) is 0.292. The molecule has 1 aromatic heterocycles. The predicted octanol–water partition coefficient (Wildman–Crippen LogP) is 4.62. The number of hydrogen-bond acceptors (Lipinski definition) is 6. The summed E-state index contributed by atoms with van der Waals surface area (Å²) in [5.74, 6) is 3.12. The Morgan fingerprint density at radius 1 is 1.19 bits per heavy atom. The number of oxazole rings is 1. The summed E-state index contributed by atoms with van der Waals surface area (Å²) in [4.78, 5) is 6.82. The van der Waals surface area contributed by atoms with E-state index in [1.807, 2.05) is 61.5 Å². The zero-order chi connectivity index (χ0) is 21.8. The van der Waals surface area contributed by atoms with E-state index in [2.05, 4.69) is 11.5 Å². The topological polar surface area (TPSA) is 72.6 Å². The van der Waals surface area contributed by atoms with Gasteiger partial charge < -0.3 is 9.15 Å². The molecule has 31 heavy (non-hydrogen) atoms. The molecule has 1 unspecified atom stereocenters. The molecule has 0 N–H and O–H groups in total. The van der Waals surface area contributed by atoms with Crippen LogP contribution in [0.25, 0.3) is 11.5 Å². The molecule has 0 aliphatic carbocycles. The van der Waals surface area contributed by atoms with Crippen LogP contribution in [-0.4, -0.2) is 42.4 Å². The van der Waals surface area contributed by atoms with E-state index in [1.54, 1.807) is 6.08 Å². The first-order chi connectivity index (χ1) is 14.9. The Hall–Kier alpha value is -2.90. The number of rotatable bonds is 8. The summed E-state index contributed by atoms with van der Waals surface area (Å²) >= 11 is 0. The number of aryl methyl sites for hydroxylation is 1. The van der Waals surface area contributed by atoms with E-state index in [0.717, 1.165) is 22.8 Å². The minimum absolute atomic E-state index is 0.0230. The number of ether oxygens (including phenoxy) is 1. The number of hydrogen-bond donors (Lipinski definition) is 0. The second kappa shape index (κ2) is 9.08. The maximum Gasteiger partial charge on any atom is 0.226 e. The van der Waals surface area contributed by atoms with Gasteiger partial charge in [0.1, 0.15) is 17.3 Å². The van der Waals surface area contributed by atoms with Crippen molar-refractivity contribution in [3.8, 4) is 23.0 Å². The molecule has 6 nitrogen and oxygen atoms in total. The van der Waals surface area contributed by atoms with Gasteiger partial charge in [0, 0.05) is 24.7 Å². The van der Waals surface area contributed by atoms with Crippen molar-refractivity contribution in [2.24, 2.45) is 0 Å². The molecule has 2 heterocycles. The van der Waals surface area contributed by atoms with Gasteiger partial charge in [-0.2, -0.15) is 0 Å². The van der Waals surface area contributed by atoms with Gasteiger partial charge >= 0.3 is 0 Å². The lowest BCUT2D eigenvalue weighted by atomic mass is 10.2. The molecular weight excluding hydrogens is 412 g/mol. The molecule has 1 aliphatic rings. The van der Waals surface area contributed by atoms with Gasteiger partial charge in [0.05, 0.1) is 17.2 Å². The Morgan fingerprint density at radius 3 is 2.68 bits per heavy atom. The third-order valence-electron chi connectivity index (χ3n) is 5.39. The summed E-state index contributed by atoms with van der Waals surface area (Å²) in [6.45, 7) is 6.82. The molecular formula is C24H26N2O4S. The highest BCUT2D eigenvalue weighted by Crippen LogP contribution is 2.29. The fourth-order valence-corrected chi connectivity index (χ4v) is 5.54. The van der Waals surface area contributed by atoms with Crippen molar-refractivity contribution in [1.29, 1.82) is 0 Å². The molecule has 4 rings (SSSR count). The molecule has 2 aromatic carbocycles. The average molecular weight is 439 g/mol. The molecule has 1 saturated heterocycles. The molecule has 1 fully saturated rings. The molecule has 1 atom stereocenters. The van der Waals surface area contributed by atoms with E-state index in [9.17, 15) is 8.42 Å². The second-order valence-corrected chi connectivity index (χ2v) is 9.97. The summed E-state index contributed by atoms with van der Waals surface area (Å²) < 4.78 is 35.7. The number of aromatic nitrogens is 1. The van der Waals surface area contributed by atoms with Gasteiger partial charge in [0.15, 0.2) is 9.84 Å². The van der Waals surface area contributed by atoms with Gasteiger partial charge in [0.25, 0.3) is 0 Å². The van der Waals surface area contributed by atoms with Crippen molar-refractivity contribution >= 4 is 9.84 Å². The largest absolute Gasteiger partial charge is 0.457 e. The van der Waals surface area contributed by atoms with Crippen molar-refractivity contribution in [1.82, 2.24) is 9.88 Å². The normalized spacial score (nSPS) is 17.7. The van der Waals surface area contributed by atoms with Crippen LogP contribution in [-0.2, 0) is 16.4 Å². The Labute approximate surface area is 183 Å². The number of sulfone groups is 1. The first-order valence-electron chi connectivity index (χ1n) is 10.3. The van der Waals surface area contributed by atoms with Crippen LogP contribution < -0.4 is 4.74 Å². The highest BCUT2D eigenvalue weighted by Gasteiger charge is 2.32. The zero-order valence-electron chi connectivity index (χ0n) is 17.5. The zero-order valence-corrected chi connectivity index (χ0v) is 18.3. The smallest absolute Gasteiger partial charge is 0.226 e. The maximum absolute atomic E-state index is 11.9. The number of benzene rings is 2. The summed E-state index contributed by atoms with van der Waals surface area (Å²) in [5.41, 5.74) is 1.62. The van der Waals surface area contributed by atoms with Gasteiger partial charge in [-0.1, -0.05) is 30.3 Å². The van der Waals surface area contributed by atoms with Crippen molar-refractivity contribution in [3.05, 3.63) is 78.7 Å². The number of nitrogens with zero attached hydrogens (tertiary/aromatic N) is 2. The third kappa shape index (κ3) is 5.24. The first-order valence-corrected chi connectivity index (χ1v) is 12.1. The van der Waals surface area contributed by atoms with Gasteiger partial charge in [-0.15, -0.1) is 6.58 Å². The van der Waals surface area contributed by atoms with E-state index in [-0.39, 0.29) is 17.5 Å². The number of para-hydroxylation sites is 1. The Kier molecular flexibility index (Phi) is 6.25. The van der Waals surface area contributed by atoms with Crippen molar-refractivity contribution in [2.45, 2.75) is 25.9 Å². The van der Waals surface area contributed by atoms with E-state index in [0.29, 0.717) is 31.2 Å². The van der Waals surface area contributed by atoms with Crippen LogP contribution in [0.15, 0.2) is 71.7 Å². The Balaban J connectivity index is 1.53. The second-order valence-electron chi connectivity index (χ2n) is 7.74. The lowest BCUT2D eigenvalue weighted by molar-refractivity contribution is 0.223. The maximum atomic E-state index is 11.9. The van der Waals surface area contributed by atoms with Crippen LogP contribution in [0, 0.1) is 6.92 Å². The molecule has 0 radical (unpaired) electrons. The van der Waals surface area contributed by atoms with Crippen LogP contribution >= 0.6 is 0 Å². The molecule has 0 spiro atoms. The summed E-state index contributed by atoms with van der Waals surface area (Å²) in [7, 11) is -2.96. The summed E-state index contributed by atoms with van der Waals surface area (Å²) in [6, 6.07) is 17.2. The standard InChI is InChI=1S/C24H26N2O4S/c1-3-13-26(20-12-14-31(27,28)17-20)16-23-18(2)29-24(25-23)19-8-7-11-22(15-19)30-21-9-5-4-6-10-21/h3-11,15,20H,1,12-14,16-17H2,2H3. The molecule has 0 amide bonds. The van der Waals surface area contributed by atoms with Crippen LogP contribution in [0.2, 0.25) is 0 Å². The van der Waals surface area contributed by atoms with E-state index in [1.165, 1.54) is 0 Å². The summed E-state index contributed by atoms with van der Waals surface area (Å²) in [5, 5.41) is 0. The van der Waals surface area contributed by atoms with Crippen LogP contribution in [0.5, 0.6) is 11.5 Å². The van der Waals surface area contributed by atoms with E-state index < -0.39 is 9.84 Å². The van der Waals surface area contributed by atoms with Gasteiger partial charge in [-0.25, -0.2) is 13.4 Å². The Bertz CT molecular complexity index is 1160. The van der Waals surface area contributed by atoms with Crippen molar-refractivity contribution in [3.63, 3.8) is 0 Å². The lowest BCUT2D eigenvalue weighted by Gasteiger charge is -2.25. The van der Waals surface area contributed by atoms with Crippen molar-refractivity contribution < 1.29 is 17.6 Å². The quantitative estimate of drug-likeness (QED) is 0.478. The van der Waals surface area contributed by atoms with Gasteiger partial charge in [0.2, 0.25) is 5.89 Å². The van der Waals surface area contributed by atoms with Crippen molar-refractivity contribution in [2.75, 3.05) is 18.1 Å². The fourth-order valence-electron chi connectivity index (χ4n) is 3.78. The molecule has 3 aromatic rings. The lowest BCUT2D eigenvalue weighted by Crippen LogP contribution is -2.36.